The highest BCUT2D eigenvalue weighted by molar-refractivity contribution is 6.30. The standard InChI is InChI=1S/C19H18ClN5O2/c1-12(2)13-3-7-15(8-4-13)23-18-17(25(26)27)19(22-11-21-18)24-16-9-5-14(20)6-10-16/h3-12H,1-2H3,(H2,21,22,23,24). The maximum Gasteiger partial charge on any atom is 0.353 e. The van der Waals surface area contributed by atoms with E-state index in [4.69, 9.17) is 11.6 Å². The smallest absolute Gasteiger partial charge is 0.334 e. The van der Waals surface area contributed by atoms with Gasteiger partial charge in [0.1, 0.15) is 6.33 Å². The predicted molar refractivity (Wildman–Crippen MR) is 107 cm³/mol. The van der Waals surface area contributed by atoms with Gasteiger partial charge in [-0.05, 0) is 47.9 Å². The van der Waals surface area contributed by atoms with Gasteiger partial charge in [-0.15, -0.1) is 0 Å². The van der Waals surface area contributed by atoms with Crippen LogP contribution in [0.3, 0.4) is 0 Å². The van der Waals surface area contributed by atoms with Crippen molar-refractivity contribution in [2.45, 2.75) is 19.8 Å². The number of hydrogen-bond donors (Lipinski definition) is 2. The second kappa shape index (κ2) is 8.01. The Morgan fingerprint density at radius 1 is 0.926 bits per heavy atom. The van der Waals surface area contributed by atoms with E-state index in [1.165, 1.54) is 11.9 Å². The lowest BCUT2D eigenvalue weighted by molar-refractivity contribution is -0.383. The monoisotopic (exact) mass is 383 g/mol. The Labute approximate surface area is 161 Å². The Hall–Kier alpha value is -3.19. The van der Waals surface area contributed by atoms with Crippen molar-refractivity contribution in [3.63, 3.8) is 0 Å². The van der Waals surface area contributed by atoms with Crippen molar-refractivity contribution in [2.75, 3.05) is 10.6 Å². The zero-order valence-corrected chi connectivity index (χ0v) is 15.6. The maximum absolute atomic E-state index is 11.6. The summed E-state index contributed by atoms with van der Waals surface area (Å²) in [5.41, 5.74) is 2.29. The van der Waals surface area contributed by atoms with Crippen molar-refractivity contribution in [1.82, 2.24) is 9.97 Å². The molecular weight excluding hydrogens is 366 g/mol. The summed E-state index contributed by atoms with van der Waals surface area (Å²) in [6, 6.07) is 14.5. The fraction of sp³-hybridized carbons (Fsp3) is 0.158. The largest absolute Gasteiger partial charge is 0.353 e. The van der Waals surface area contributed by atoms with Crippen LogP contribution in [0.2, 0.25) is 5.02 Å². The van der Waals surface area contributed by atoms with Crippen LogP contribution >= 0.6 is 11.6 Å². The van der Waals surface area contributed by atoms with Crippen LogP contribution in [0, 0.1) is 10.1 Å². The number of hydrogen-bond acceptors (Lipinski definition) is 6. The first-order valence-electron chi connectivity index (χ1n) is 8.33. The summed E-state index contributed by atoms with van der Waals surface area (Å²) in [7, 11) is 0. The molecular formula is C19H18ClN5O2. The van der Waals surface area contributed by atoms with E-state index in [1.807, 2.05) is 24.3 Å². The number of benzene rings is 2. The average molecular weight is 384 g/mol. The second-order valence-electron chi connectivity index (χ2n) is 6.21. The lowest BCUT2D eigenvalue weighted by Crippen LogP contribution is -2.05. The van der Waals surface area contributed by atoms with Gasteiger partial charge in [-0.2, -0.15) is 0 Å². The molecule has 3 rings (SSSR count). The summed E-state index contributed by atoms with van der Waals surface area (Å²) in [5.74, 6) is 0.616. The van der Waals surface area contributed by atoms with Crippen LogP contribution in [0.4, 0.5) is 28.7 Å². The molecule has 2 N–H and O–H groups in total. The molecule has 0 aliphatic rings. The number of anilines is 4. The third-order valence-electron chi connectivity index (χ3n) is 3.95. The van der Waals surface area contributed by atoms with Crippen LogP contribution in [0.5, 0.6) is 0 Å². The van der Waals surface area contributed by atoms with Gasteiger partial charge in [0.2, 0.25) is 11.6 Å². The zero-order valence-electron chi connectivity index (χ0n) is 14.8. The number of halogens is 1. The third kappa shape index (κ3) is 4.51. The molecule has 0 aliphatic heterocycles. The van der Waals surface area contributed by atoms with E-state index in [2.05, 4.69) is 34.4 Å². The SMILES string of the molecule is CC(C)c1ccc(Nc2ncnc(Nc3ccc(Cl)cc3)c2[N+](=O)[O-])cc1. The first-order valence-corrected chi connectivity index (χ1v) is 8.71. The van der Waals surface area contributed by atoms with Gasteiger partial charge in [-0.25, -0.2) is 9.97 Å². The molecule has 0 radical (unpaired) electrons. The van der Waals surface area contributed by atoms with Gasteiger partial charge >= 0.3 is 5.69 Å². The van der Waals surface area contributed by atoms with Crippen molar-refractivity contribution >= 4 is 40.3 Å². The molecule has 0 unspecified atom stereocenters. The summed E-state index contributed by atoms with van der Waals surface area (Å²) >= 11 is 5.87. The van der Waals surface area contributed by atoms with E-state index in [0.29, 0.717) is 22.3 Å². The average Bonchev–Trinajstić information content (AvgIpc) is 2.64. The maximum atomic E-state index is 11.6. The quantitative estimate of drug-likeness (QED) is 0.422. The number of nitro groups is 1. The van der Waals surface area contributed by atoms with Gasteiger partial charge in [-0.1, -0.05) is 37.6 Å². The minimum Gasteiger partial charge on any atom is -0.334 e. The Balaban J connectivity index is 1.91. The second-order valence-corrected chi connectivity index (χ2v) is 6.65. The van der Waals surface area contributed by atoms with Crippen LogP contribution in [-0.4, -0.2) is 14.9 Å². The highest BCUT2D eigenvalue weighted by Crippen LogP contribution is 2.33. The first-order chi connectivity index (χ1) is 12.9. The number of rotatable bonds is 6. The molecule has 138 valence electrons. The van der Waals surface area contributed by atoms with E-state index < -0.39 is 4.92 Å². The molecule has 0 saturated heterocycles. The van der Waals surface area contributed by atoms with Crippen LogP contribution in [0.15, 0.2) is 54.9 Å². The third-order valence-corrected chi connectivity index (χ3v) is 4.20. The van der Waals surface area contributed by atoms with Gasteiger partial charge in [0, 0.05) is 16.4 Å². The van der Waals surface area contributed by atoms with Crippen molar-refractivity contribution in [2.24, 2.45) is 0 Å². The summed E-state index contributed by atoms with van der Waals surface area (Å²) in [6.45, 7) is 4.21. The lowest BCUT2D eigenvalue weighted by Gasteiger charge is -2.11. The molecule has 3 aromatic rings. The molecule has 2 aromatic carbocycles. The topological polar surface area (TPSA) is 93.0 Å². The Bertz CT molecular complexity index is 943. The van der Waals surface area contributed by atoms with Gasteiger partial charge in [0.05, 0.1) is 4.92 Å². The van der Waals surface area contributed by atoms with Gasteiger partial charge in [-0.3, -0.25) is 10.1 Å². The van der Waals surface area contributed by atoms with Crippen molar-refractivity contribution in [3.05, 3.63) is 75.6 Å². The van der Waals surface area contributed by atoms with E-state index in [9.17, 15) is 10.1 Å². The lowest BCUT2D eigenvalue weighted by atomic mass is 10.0. The fourth-order valence-electron chi connectivity index (χ4n) is 2.49. The van der Waals surface area contributed by atoms with E-state index in [-0.39, 0.29) is 17.3 Å². The van der Waals surface area contributed by atoms with E-state index in [0.717, 1.165) is 0 Å². The molecule has 8 heteroatoms. The summed E-state index contributed by atoms with van der Waals surface area (Å²) in [5, 5.41) is 18.2. The fourth-order valence-corrected chi connectivity index (χ4v) is 2.62. The van der Waals surface area contributed by atoms with Crippen molar-refractivity contribution in [1.29, 1.82) is 0 Å². The summed E-state index contributed by atoms with van der Waals surface area (Å²) in [4.78, 5) is 19.2. The van der Waals surface area contributed by atoms with Gasteiger partial charge in [0.25, 0.3) is 0 Å². The number of nitrogens with zero attached hydrogens (tertiary/aromatic N) is 3. The van der Waals surface area contributed by atoms with Gasteiger partial charge < -0.3 is 10.6 Å². The van der Waals surface area contributed by atoms with Crippen LogP contribution in [-0.2, 0) is 0 Å². The van der Waals surface area contributed by atoms with E-state index >= 15 is 0 Å². The van der Waals surface area contributed by atoms with Crippen LogP contribution in [0.25, 0.3) is 0 Å². The molecule has 0 fully saturated rings. The molecule has 27 heavy (non-hydrogen) atoms. The molecule has 1 heterocycles. The molecule has 0 amide bonds. The van der Waals surface area contributed by atoms with Crippen LogP contribution < -0.4 is 10.6 Å². The number of nitrogens with one attached hydrogen (secondary N) is 2. The predicted octanol–water partition coefficient (Wildman–Crippen LogP) is 5.65. The molecule has 7 nitrogen and oxygen atoms in total. The normalized spacial score (nSPS) is 10.7. The Kier molecular flexibility index (Phi) is 5.52. The van der Waals surface area contributed by atoms with E-state index in [1.54, 1.807) is 24.3 Å². The first kappa shape index (κ1) is 18.6. The molecule has 0 spiro atoms. The molecule has 0 aliphatic carbocycles. The summed E-state index contributed by atoms with van der Waals surface area (Å²) in [6.07, 6.45) is 1.27. The molecule has 0 atom stereocenters. The van der Waals surface area contributed by atoms with Crippen molar-refractivity contribution < 1.29 is 4.92 Å². The summed E-state index contributed by atoms with van der Waals surface area (Å²) < 4.78 is 0. The highest BCUT2D eigenvalue weighted by atomic mass is 35.5. The number of aromatic nitrogens is 2. The minimum absolute atomic E-state index is 0.0959. The Morgan fingerprint density at radius 2 is 1.41 bits per heavy atom. The highest BCUT2D eigenvalue weighted by Gasteiger charge is 2.23. The minimum atomic E-state index is -0.511. The van der Waals surface area contributed by atoms with Crippen molar-refractivity contribution in [3.8, 4) is 0 Å². The molecule has 1 aromatic heterocycles. The van der Waals surface area contributed by atoms with Crippen LogP contribution in [0.1, 0.15) is 25.3 Å². The zero-order chi connectivity index (χ0) is 19.4. The Morgan fingerprint density at radius 3 is 1.85 bits per heavy atom. The van der Waals surface area contributed by atoms with Gasteiger partial charge in [0.15, 0.2) is 0 Å². The molecule has 0 saturated carbocycles. The molecule has 0 bridgehead atoms.